The first kappa shape index (κ1) is 23.4. The quantitative estimate of drug-likeness (QED) is 0.288. The van der Waals surface area contributed by atoms with Gasteiger partial charge in [-0.05, 0) is 92.4 Å². The van der Waals surface area contributed by atoms with Crippen molar-refractivity contribution in [1.29, 1.82) is 0 Å². The molecule has 0 aromatic rings. The summed E-state index contributed by atoms with van der Waals surface area (Å²) in [5.41, 5.74) is 1.08. The van der Waals surface area contributed by atoms with Crippen molar-refractivity contribution >= 4 is 0 Å². The van der Waals surface area contributed by atoms with Crippen LogP contribution in [0.1, 0.15) is 122 Å². The van der Waals surface area contributed by atoms with E-state index in [1.807, 2.05) is 0 Å². The Morgan fingerprint density at radius 2 is 1.10 bits per heavy atom. The van der Waals surface area contributed by atoms with E-state index in [1.54, 1.807) is 38.5 Å². The lowest BCUT2D eigenvalue weighted by atomic mass is 9.67. The molecule has 1 N–H and O–H groups in total. The Morgan fingerprint density at radius 3 is 1.55 bits per heavy atom. The number of aliphatic hydroxyl groups excluding tert-OH is 1. The Hall–Kier alpha value is -0.300. The summed E-state index contributed by atoms with van der Waals surface area (Å²) < 4.78 is 0. The molecular formula is C28H50O. The van der Waals surface area contributed by atoms with Crippen molar-refractivity contribution < 1.29 is 5.11 Å². The van der Waals surface area contributed by atoms with E-state index >= 15 is 0 Å². The van der Waals surface area contributed by atoms with Crippen LogP contribution in [-0.4, -0.2) is 11.7 Å². The summed E-state index contributed by atoms with van der Waals surface area (Å²) in [5.74, 6) is 5.81. The molecule has 3 fully saturated rings. The first-order chi connectivity index (χ1) is 14.2. The third kappa shape index (κ3) is 7.41. The van der Waals surface area contributed by atoms with Crippen molar-refractivity contribution in [2.75, 3.05) is 6.61 Å². The van der Waals surface area contributed by atoms with Gasteiger partial charge in [0.1, 0.15) is 0 Å². The number of hydrogen-bond donors (Lipinski definition) is 1. The van der Waals surface area contributed by atoms with Crippen LogP contribution in [0.2, 0.25) is 0 Å². The summed E-state index contributed by atoms with van der Waals surface area (Å²) in [5, 5.41) is 9.30. The topological polar surface area (TPSA) is 20.2 Å². The molecule has 3 aliphatic carbocycles. The SMILES string of the molecule is C=C(CO)C1CCC(CCC2CCC(C3CCC(CCCCC)CC3)CC2)CC1. The first-order valence-corrected chi connectivity index (χ1v) is 13.5. The summed E-state index contributed by atoms with van der Waals surface area (Å²) in [6.45, 7) is 6.58. The number of rotatable bonds is 10. The summed E-state index contributed by atoms with van der Waals surface area (Å²) in [6, 6.07) is 0. The van der Waals surface area contributed by atoms with Crippen molar-refractivity contribution in [2.24, 2.45) is 35.5 Å². The van der Waals surface area contributed by atoms with Gasteiger partial charge >= 0.3 is 0 Å². The fourth-order valence-corrected chi connectivity index (χ4v) is 7.04. The Balaban J connectivity index is 1.26. The Morgan fingerprint density at radius 1 is 0.655 bits per heavy atom. The minimum atomic E-state index is 0.194. The van der Waals surface area contributed by atoms with E-state index in [-0.39, 0.29) is 6.61 Å². The minimum absolute atomic E-state index is 0.194. The lowest BCUT2D eigenvalue weighted by molar-refractivity contribution is 0.136. The van der Waals surface area contributed by atoms with Crippen LogP contribution in [0.5, 0.6) is 0 Å². The molecule has 0 atom stereocenters. The van der Waals surface area contributed by atoms with Crippen molar-refractivity contribution in [3.63, 3.8) is 0 Å². The van der Waals surface area contributed by atoms with E-state index in [0.717, 1.165) is 35.2 Å². The predicted octanol–water partition coefficient (Wildman–Crippen LogP) is 8.31. The predicted molar refractivity (Wildman–Crippen MR) is 126 cm³/mol. The zero-order valence-electron chi connectivity index (χ0n) is 19.6. The summed E-state index contributed by atoms with van der Waals surface area (Å²) in [7, 11) is 0. The van der Waals surface area contributed by atoms with E-state index < -0.39 is 0 Å². The van der Waals surface area contributed by atoms with Gasteiger partial charge in [0.15, 0.2) is 0 Å². The molecular weight excluding hydrogens is 352 g/mol. The van der Waals surface area contributed by atoms with Crippen LogP contribution < -0.4 is 0 Å². The van der Waals surface area contributed by atoms with Gasteiger partial charge < -0.3 is 5.11 Å². The molecule has 1 heteroatoms. The molecule has 3 rings (SSSR count). The lowest BCUT2D eigenvalue weighted by Gasteiger charge is -2.38. The largest absolute Gasteiger partial charge is 0.392 e. The second-order valence-electron chi connectivity index (χ2n) is 11.2. The second kappa shape index (κ2) is 12.5. The minimum Gasteiger partial charge on any atom is -0.392 e. The highest BCUT2D eigenvalue weighted by molar-refractivity contribution is 5.02. The average Bonchev–Trinajstić information content (AvgIpc) is 2.78. The van der Waals surface area contributed by atoms with Crippen LogP contribution in [0.15, 0.2) is 12.2 Å². The maximum atomic E-state index is 9.30. The molecule has 1 nitrogen and oxygen atoms in total. The molecule has 0 aromatic heterocycles. The van der Waals surface area contributed by atoms with Crippen molar-refractivity contribution in [2.45, 2.75) is 122 Å². The molecule has 0 saturated heterocycles. The highest BCUT2D eigenvalue weighted by atomic mass is 16.3. The van der Waals surface area contributed by atoms with Crippen LogP contribution in [0.4, 0.5) is 0 Å². The molecule has 0 radical (unpaired) electrons. The standard InChI is InChI=1S/C28H50O/c1-3-4-5-6-23-11-17-27(18-12-23)28-19-13-25(14-20-28)8-7-24-9-15-26(16-10-24)22(2)21-29/h23-29H,2-21H2,1H3. The normalized spacial score (nSPS) is 36.1. The van der Waals surface area contributed by atoms with Crippen LogP contribution in [0.25, 0.3) is 0 Å². The van der Waals surface area contributed by atoms with E-state index in [9.17, 15) is 5.11 Å². The van der Waals surface area contributed by atoms with Crippen molar-refractivity contribution in [3.8, 4) is 0 Å². The van der Waals surface area contributed by atoms with E-state index in [2.05, 4.69) is 13.5 Å². The van der Waals surface area contributed by atoms with Gasteiger partial charge in [-0.1, -0.05) is 77.7 Å². The second-order valence-corrected chi connectivity index (χ2v) is 11.2. The van der Waals surface area contributed by atoms with Gasteiger partial charge in [0.25, 0.3) is 0 Å². The van der Waals surface area contributed by atoms with Crippen LogP contribution in [-0.2, 0) is 0 Å². The zero-order valence-corrected chi connectivity index (χ0v) is 19.6. The first-order valence-electron chi connectivity index (χ1n) is 13.5. The van der Waals surface area contributed by atoms with E-state index in [0.29, 0.717) is 5.92 Å². The Labute approximate surface area is 182 Å². The van der Waals surface area contributed by atoms with Crippen LogP contribution >= 0.6 is 0 Å². The van der Waals surface area contributed by atoms with Gasteiger partial charge in [-0.25, -0.2) is 0 Å². The smallest absolute Gasteiger partial charge is 0.0641 e. The molecule has 3 aliphatic rings. The van der Waals surface area contributed by atoms with Gasteiger partial charge in [-0.2, -0.15) is 0 Å². The molecule has 168 valence electrons. The van der Waals surface area contributed by atoms with Crippen LogP contribution in [0.3, 0.4) is 0 Å². The number of hydrogen-bond acceptors (Lipinski definition) is 1. The highest BCUT2D eigenvalue weighted by Gasteiger charge is 2.31. The maximum Gasteiger partial charge on any atom is 0.0641 e. The molecule has 0 spiro atoms. The molecule has 0 unspecified atom stereocenters. The van der Waals surface area contributed by atoms with Gasteiger partial charge in [-0.3, -0.25) is 0 Å². The van der Waals surface area contributed by atoms with Gasteiger partial charge in [0, 0.05) is 0 Å². The monoisotopic (exact) mass is 402 g/mol. The molecule has 29 heavy (non-hydrogen) atoms. The summed E-state index contributed by atoms with van der Waals surface area (Å²) >= 11 is 0. The fourth-order valence-electron chi connectivity index (χ4n) is 7.04. The molecule has 0 bridgehead atoms. The third-order valence-corrected chi connectivity index (χ3v) is 9.28. The molecule has 0 heterocycles. The summed E-state index contributed by atoms with van der Waals surface area (Å²) in [4.78, 5) is 0. The Kier molecular flexibility index (Phi) is 10.1. The van der Waals surface area contributed by atoms with Crippen LogP contribution in [0, 0.1) is 35.5 Å². The fraction of sp³-hybridized carbons (Fsp3) is 0.929. The summed E-state index contributed by atoms with van der Waals surface area (Å²) in [6.07, 6.45) is 26.4. The average molecular weight is 403 g/mol. The molecule has 0 amide bonds. The van der Waals surface area contributed by atoms with E-state index in [1.165, 1.54) is 77.0 Å². The highest BCUT2D eigenvalue weighted by Crippen LogP contribution is 2.44. The van der Waals surface area contributed by atoms with E-state index in [4.69, 9.17) is 0 Å². The van der Waals surface area contributed by atoms with Gasteiger partial charge in [0.05, 0.1) is 6.61 Å². The zero-order chi connectivity index (χ0) is 20.5. The number of unbranched alkanes of at least 4 members (excludes halogenated alkanes) is 2. The lowest BCUT2D eigenvalue weighted by Crippen LogP contribution is -2.26. The molecule has 3 saturated carbocycles. The van der Waals surface area contributed by atoms with Crippen molar-refractivity contribution in [3.05, 3.63) is 12.2 Å². The molecule has 0 aromatic carbocycles. The molecule has 0 aliphatic heterocycles. The number of aliphatic hydroxyl groups is 1. The Bertz CT molecular complexity index is 445. The maximum absolute atomic E-state index is 9.30. The third-order valence-electron chi connectivity index (χ3n) is 9.28. The van der Waals surface area contributed by atoms with Crippen molar-refractivity contribution in [1.82, 2.24) is 0 Å². The van der Waals surface area contributed by atoms with Gasteiger partial charge in [0.2, 0.25) is 0 Å². The van der Waals surface area contributed by atoms with Gasteiger partial charge in [-0.15, -0.1) is 0 Å².